The molecule has 0 aromatic heterocycles. The molecule has 1 unspecified atom stereocenters. The topological polar surface area (TPSA) is 24.4 Å². The maximum Gasteiger partial charge on any atom is 0.0253 e. The molecule has 0 radical (unpaired) electrons. The van der Waals surface area contributed by atoms with Crippen molar-refractivity contribution in [3.8, 4) is 0 Å². The van der Waals surface area contributed by atoms with E-state index in [1.807, 2.05) is 26.1 Å². The Morgan fingerprint density at radius 1 is 1.64 bits per heavy atom. The molecule has 0 saturated carbocycles. The van der Waals surface area contributed by atoms with E-state index < -0.39 is 0 Å². The van der Waals surface area contributed by atoms with E-state index in [9.17, 15) is 0 Å². The van der Waals surface area contributed by atoms with Gasteiger partial charge in [0, 0.05) is 12.8 Å². The highest BCUT2D eigenvalue weighted by atomic mass is 31.0. The van der Waals surface area contributed by atoms with Gasteiger partial charge in [-0.3, -0.25) is 4.76 Å². The Hall–Kier alpha value is -0.460. The van der Waals surface area contributed by atoms with Crippen LogP contribution in [0.25, 0.3) is 0 Å². The van der Waals surface area contributed by atoms with Crippen LogP contribution >= 0.6 is 9.39 Å². The van der Waals surface area contributed by atoms with Crippen LogP contribution in [0.15, 0.2) is 28.6 Å². The predicted octanol–water partition coefficient (Wildman–Crippen LogP) is 1.57. The Balaban J connectivity index is 4.07. The zero-order valence-corrected chi connectivity index (χ0v) is 8.20. The molecule has 2 nitrogen and oxygen atoms in total. The number of hydrogen-bond acceptors (Lipinski definition) is 2. The molecule has 0 aromatic rings. The first-order chi connectivity index (χ1) is 5.35. The fraction of sp³-hybridized carbons (Fsp3) is 0.375. The van der Waals surface area contributed by atoms with Gasteiger partial charge < -0.3 is 5.32 Å². The molecule has 0 fully saturated rings. The van der Waals surface area contributed by atoms with Crippen molar-refractivity contribution in [1.29, 1.82) is 0 Å². The van der Waals surface area contributed by atoms with E-state index in [1.165, 1.54) is 5.57 Å². The van der Waals surface area contributed by atoms with Crippen LogP contribution < -0.4 is 5.32 Å². The first kappa shape index (κ1) is 10.5. The van der Waals surface area contributed by atoms with Crippen molar-refractivity contribution < 1.29 is 0 Å². The molecule has 62 valence electrons. The quantitative estimate of drug-likeness (QED) is 0.386. The SMILES string of the molecule is C\C=C/C(=C\C=N\P)CNC. The van der Waals surface area contributed by atoms with Crippen LogP contribution in [0.1, 0.15) is 6.92 Å². The van der Waals surface area contributed by atoms with Gasteiger partial charge in [0.1, 0.15) is 0 Å². The van der Waals surface area contributed by atoms with E-state index in [0.717, 1.165) is 6.54 Å². The molecule has 0 spiro atoms. The van der Waals surface area contributed by atoms with Crippen molar-refractivity contribution in [2.24, 2.45) is 4.76 Å². The molecule has 1 N–H and O–H groups in total. The minimum Gasteiger partial charge on any atom is -0.316 e. The minimum atomic E-state index is 0.876. The second-order valence-electron chi connectivity index (χ2n) is 2.07. The average Bonchev–Trinajstić information content (AvgIpc) is 2.01. The summed E-state index contributed by atoms with van der Waals surface area (Å²) in [5, 5.41) is 3.07. The number of nitrogens with one attached hydrogen (secondary N) is 1. The Morgan fingerprint density at radius 2 is 2.36 bits per heavy atom. The van der Waals surface area contributed by atoms with Gasteiger partial charge in [-0.1, -0.05) is 12.2 Å². The molecule has 3 heteroatoms. The van der Waals surface area contributed by atoms with Crippen molar-refractivity contribution in [2.45, 2.75) is 6.92 Å². The van der Waals surface area contributed by atoms with Gasteiger partial charge in [-0.2, -0.15) is 0 Å². The van der Waals surface area contributed by atoms with Crippen molar-refractivity contribution in [3.63, 3.8) is 0 Å². The molecule has 0 bridgehead atoms. The van der Waals surface area contributed by atoms with Gasteiger partial charge in [0.15, 0.2) is 0 Å². The lowest BCUT2D eigenvalue weighted by Crippen LogP contribution is -2.09. The normalized spacial score (nSPS) is 13.5. The summed E-state index contributed by atoms with van der Waals surface area (Å²) in [6, 6.07) is 0. The lowest BCUT2D eigenvalue weighted by atomic mass is 10.2. The highest BCUT2D eigenvalue weighted by molar-refractivity contribution is 7.15. The van der Waals surface area contributed by atoms with Crippen LogP contribution in [0.4, 0.5) is 0 Å². The zero-order chi connectivity index (χ0) is 8.53. The predicted molar refractivity (Wildman–Crippen MR) is 55.0 cm³/mol. The Kier molecular flexibility index (Phi) is 7.33. The van der Waals surface area contributed by atoms with Gasteiger partial charge in [0.2, 0.25) is 0 Å². The summed E-state index contributed by atoms with van der Waals surface area (Å²) in [7, 11) is 4.22. The van der Waals surface area contributed by atoms with E-state index in [-0.39, 0.29) is 0 Å². The zero-order valence-electron chi connectivity index (χ0n) is 7.04. The maximum atomic E-state index is 3.79. The van der Waals surface area contributed by atoms with Gasteiger partial charge in [0.05, 0.1) is 0 Å². The molecule has 0 heterocycles. The highest BCUT2D eigenvalue weighted by Crippen LogP contribution is 1.93. The standard InChI is InChI=1S/C8H15N2P/c1-3-4-8(7-9-2)5-6-10-11/h3-6,9H,7,11H2,1-2H3/b4-3-,8-5+,10-6+. The molecule has 0 aliphatic rings. The van der Waals surface area contributed by atoms with E-state index in [2.05, 4.69) is 25.5 Å². The molecule has 0 amide bonds. The second kappa shape index (κ2) is 7.64. The number of nitrogens with zero attached hydrogens (tertiary/aromatic N) is 1. The summed E-state index contributed by atoms with van der Waals surface area (Å²) in [5.74, 6) is 0. The average molecular weight is 170 g/mol. The Morgan fingerprint density at radius 3 is 2.82 bits per heavy atom. The van der Waals surface area contributed by atoms with E-state index in [0.29, 0.717) is 0 Å². The molecule has 11 heavy (non-hydrogen) atoms. The largest absolute Gasteiger partial charge is 0.316 e. The summed E-state index contributed by atoms with van der Waals surface area (Å²) in [4.78, 5) is 0. The minimum absolute atomic E-state index is 0.876. The van der Waals surface area contributed by atoms with Gasteiger partial charge >= 0.3 is 0 Å². The third-order valence-corrected chi connectivity index (χ3v) is 1.31. The van der Waals surface area contributed by atoms with E-state index in [4.69, 9.17) is 0 Å². The lowest BCUT2D eigenvalue weighted by molar-refractivity contribution is 0.896. The van der Waals surface area contributed by atoms with Crippen LogP contribution in [0.3, 0.4) is 0 Å². The number of likely N-dealkylation sites (N-methyl/N-ethyl adjacent to an activating group) is 1. The highest BCUT2D eigenvalue weighted by Gasteiger charge is 1.85. The fourth-order valence-electron chi connectivity index (χ4n) is 0.730. The number of hydrogen-bond donors (Lipinski definition) is 1. The van der Waals surface area contributed by atoms with E-state index in [1.54, 1.807) is 6.21 Å². The van der Waals surface area contributed by atoms with Crippen molar-refractivity contribution in [3.05, 3.63) is 23.8 Å². The van der Waals surface area contributed by atoms with Crippen LogP contribution in [0.2, 0.25) is 0 Å². The summed E-state index contributed by atoms with van der Waals surface area (Å²) in [6.07, 6.45) is 7.81. The van der Waals surface area contributed by atoms with Crippen molar-refractivity contribution in [2.75, 3.05) is 13.6 Å². The fourth-order valence-corrected chi connectivity index (χ4v) is 0.816. The first-order valence-electron chi connectivity index (χ1n) is 3.54. The first-order valence-corrected chi connectivity index (χ1v) is 4.06. The molecule has 0 aromatic carbocycles. The smallest absolute Gasteiger partial charge is 0.0253 e. The van der Waals surface area contributed by atoms with Crippen LogP contribution in [0.5, 0.6) is 0 Å². The Bertz CT molecular complexity index is 171. The van der Waals surface area contributed by atoms with Crippen LogP contribution in [-0.4, -0.2) is 19.8 Å². The maximum absolute atomic E-state index is 3.79. The van der Waals surface area contributed by atoms with Crippen LogP contribution in [-0.2, 0) is 0 Å². The molecular formula is C8H15N2P. The van der Waals surface area contributed by atoms with Gasteiger partial charge in [-0.25, -0.2) is 0 Å². The van der Waals surface area contributed by atoms with Crippen molar-refractivity contribution in [1.82, 2.24) is 5.32 Å². The number of rotatable bonds is 4. The van der Waals surface area contributed by atoms with Gasteiger partial charge in [-0.15, -0.1) is 0 Å². The van der Waals surface area contributed by atoms with E-state index >= 15 is 0 Å². The molecule has 0 saturated heterocycles. The van der Waals surface area contributed by atoms with Crippen LogP contribution in [0, 0.1) is 0 Å². The summed E-state index contributed by atoms with van der Waals surface area (Å²) < 4.78 is 3.79. The summed E-state index contributed by atoms with van der Waals surface area (Å²) >= 11 is 0. The molecule has 0 aliphatic carbocycles. The Labute approximate surface area is 70.7 Å². The monoisotopic (exact) mass is 170 g/mol. The number of allylic oxidation sites excluding steroid dienone is 2. The molecule has 0 aliphatic heterocycles. The van der Waals surface area contributed by atoms with Gasteiger partial charge in [-0.05, 0) is 35.0 Å². The third-order valence-electron chi connectivity index (χ3n) is 1.14. The van der Waals surface area contributed by atoms with Gasteiger partial charge in [0.25, 0.3) is 0 Å². The summed E-state index contributed by atoms with van der Waals surface area (Å²) in [6.45, 7) is 2.88. The summed E-state index contributed by atoms with van der Waals surface area (Å²) in [5.41, 5.74) is 1.22. The molecule has 0 rings (SSSR count). The third kappa shape index (κ3) is 5.96. The molecular weight excluding hydrogens is 155 g/mol. The molecule has 1 atom stereocenters. The second-order valence-corrected chi connectivity index (χ2v) is 2.37. The van der Waals surface area contributed by atoms with Crippen molar-refractivity contribution >= 4 is 15.6 Å². The lowest BCUT2D eigenvalue weighted by Gasteiger charge is -1.97.